The Morgan fingerprint density at radius 1 is 1.60 bits per heavy atom. The molecule has 1 heterocycles. The Morgan fingerprint density at radius 2 is 2.33 bits per heavy atom. The molecule has 2 N–H and O–H groups in total. The van der Waals surface area contributed by atoms with E-state index in [-0.39, 0.29) is 0 Å². The van der Waals surface area contributed by atoms with Gasteiger partial charge in [0.05, 0.1) is 5.60 Å². The molecular formula is C11H21N3O. The van der Waals surface area contributed by atoms with Gasteiger partial charge < -0.3 is 15.0 Å². The summed E-state index contributed by atoms with van der Waals surface area (Å²) in [4.78, 5) is 4.28. The minimum Gasteiger partial charge on any atom is -0.388 e. The zero-order valence-corrected chi connectivity index (χ0v) is 9.82. The van der Waals surface area contributed by atoms with Gasteiger partial charge in [-0.15, -0.1) is 0 Å². The van der Waals surface area contributed by atoms with Gasteiger partial charge in [0.25, 0.3) is 0 Å². The van der Waals surface area contributed by atoms with Crippen LogP contribution in [-0.4, -0.2) is 33.9 Å². The van der Waals surface area contributed by atoms with E-state index >= 15 is 0 Å². The van der Waals surface area contributed by atoms with Gasteiger partial charge in [0.2, 0.25) is 0 Å². The molecule has 1 aromatic rings. The predicted octanol–water partition coefficient (Wildman–Crippen LogP) is 0.806. The van der Waals surface area contributed by atoms with E-state index in [0.717, 1.165) is 18.8 Å². The molecule has 86 valence electrons. The van der Waals surface area contributed by atoms with Gasteiger partial charge in [-0.25, -0.2) is 4.98 Å². The smallest absolute Gasteiger partial charge is 0.111 e. The van der Waals surface area contributed by atoms with E-state index < -0.39 is 5.60 Å². The number of nitrogens with one attached hydrogen (secondary N) is 1. The van der Waals surface area contributed by atoms with Gasteiger partial charge in [0.1, 0.15) is 5.82 Å². The molecule has 1 rings (SSSR count). The molecule has 0 spiro atoms. The highest BCUT2D eigenvalue weighted by molar-refractivity contribution is 4.98. The monoisotopic (exact) mass is 211 g/mol. The van der Waals surface area contributed by atoms with Crippen LogP contribution in [0.15, 0.2) is 12.4 Å². The van der Waals surface area contributed by atoms with E-state index in [2.05, 4.69) is 21.8 Å². The highest BCUT2D eigenvalue weighted by atomic mass is 16.3. The molecule has 0 saturated heterocycles. The molecular weight excluding hydrogens is 190 g/mol. The summed E-state index contributed by atoms with van der Waals surface area (Å²) in [6.45, 7) is 5.50. The van der Waals surface area contributed by atoms with Gasteiger partial charge in [-0.05, 0) is 20.4 Å². The van der Waals surface area contributed by atoms with Crippen molar-refractivity contribution >= 4 is 0 Å². The Labute approximate surface area is 91.3 Å². The van der Waals surface area contributed by atoms with Crippen LogP contribution in [0.4, 0.5) is 0 Å². The van der Waals surface area contributed by atoms with Gasteiger partial charge in [-0.2, -0.15) is 0 Å². The van der Waals surface area contributed by atoms with Crippen molar-refractivity contribution in [1.82, 2.24) is 14.9 Å². The first-order valence-corrected chi connectivity index (χ1v) is 5.46. The van der Waals surface area contributed by atoms with Gasteiger partial charge in [0, 0.05) is 31.9 Å². The summed E-state index contributed by atoms with van der Waals surface area (Å²) >= 11 is 0. The largest absolute Gasteiger partial charge is 0.388 e. The minimum atomic E-state index is -0.731. The zero-order chi connectivity index (χ0) is 11.3. The molecule has 0 bridgehead atoms. The first-order valence-electron chi connectivity index (χ1n) is 5.46. The van der Waals surface area contributed by atoms with Crippen molar-refractivity contribution in [3.8, 4) is 0 Å². The molecule has 1 atom stereocenters. The van der Waals surface area contributed by atoms with Crippen molar-refractivity contribution in [2.75, 3.05) is 13.6 Å². The number of aliphatic hydroxyl groups is 1. The quantitative estimate of drug-likeness (QED) is 0.732. The summed E-state index contributed by atoms with van der Waals surface area (Å²) < 4.78 is 2.10. The lowest BCUT2D eigenvalue weighted by molar-refractivity contribution is 0.0593. The predicted molar refractivity (Wildman–Crippen MR) is 60.8 cm³/mol. The number of rotatable bonds is 6. The van der Waals surface area contributed by atoms with E-state index in [4.69, 9.17) is 0 Å². The molecule has 0 radical (unpaired) electrons. The summed E-state index contributed by atoms with van der Waals surface area (Å²) in [7, 11) is 1.84. The fourth-order valence-electron chi connectivity index (χ4n) is 1.74. The Hall–Kier alpha value is -0.870. The molecule has 1 aromatic heterocycles. The van der Waals surface area contributed by atoms with Crippen LogP contribution in [0, 0.1) is 0 Å². The maximum atomic E-state index is 10.1. The number of hydrogen-bond acceptors (Lipinski definition) is 3. The molecule has 0 fully saturated rings. The van der Waals surface area contributed by atoms with Crippen molar-refractivity contribution in [3.05, 3.63) is 18.2 Å². The Morgan fingerprint density at radius 3 is 2.93 bits per heavy atom. The third kappa shape index (κ3) is 3.64. The van der Waals surface area contributed by atoms with Crippen molar-refractivity contribution in [2.24, 2.45) is 0 Å². The maximum absolute atomic E-state index is 10.1. The Bertz CT molecular complexity index is 294. The van der Waals surface area contributed by atoms with Crippen molar-refractivity contribution < 1.29 is 5.11 Å². The van der Waals surface area contributed by atoms with E-state index in [1.165, 1.54) is 0 Å². The van der Waals surface area contributed by atoms with Gasteiger partial charge in [-0.1, -0.05) is 6.92 Å². The topological polar surface area (TPSA) is 50.1 Å². The van der Waals surface area contributed by atoms with Gasteiger partial charge >= 0.3 is 0 Å². The van der Waals surface area contributed by atoms with Crippen LogP contribution < -0.4 is 5.32 Å². The van der Waals surface area contributed by atoms with E-state index in [9.17, 15) is 5.11 Å². The van der Waals surface area contributed by atoms with Crippen LogP contribution in [0.1, 0.15) is 26.1 Å². The lowest BCUT2D eigenvalue weighted by Gasteiger charge is -2.22. The molecule has 0 aliphatic rings. The van der Waals surface area contributed by atoms with E-state index in [1.54, 1.807) is 6.20 Å². The van der Waals surface area contributed by atoms with Crippen molar-refractivity contribution in [2.45, 2.75) is 38.8 Å². The molecule has 0 aromatic carbocycles. The first-order chi connectivity index (χ1) is 7.09. The lowest BCUT2D eigenvalue weighted by atomic mass is 10.0. The van der Waals surface area contributed by atoms with Crippen LogP contribution in [0.2, 0.25) is 0 Å². The Balaban J connectivity index is 2.66. The summed E-state index contributed by atoms with van der Waals surface area (Å²) in [6.07, 6.45) is 5.42. The maximum Gasteiger partial charge on any atom is 0.111 e. The second-order valence-corrected chi connectivity index (χ2v) is 4.24. The summed E-state index contributed by atoms with van der Waals surface area (Å²) in [5, 5.41) is 13.0. The fraction of sp³-hybridized carbons (Fsp3) is 0.727. The minimum absolute atomic E-state index is 0.575. The van der Waals surface area contributed by atoms with Crippen LogP contribution in [0.25, 0.3) is 0 Å². The second-order valence-electron chi connectivity index (χ2n) is 4.24. The van der Waals surface area contributed by atoms with Crippen LogP contribution in [0.5, 0.6) is 0 Å². The number of nitrogens with zero attached hydrogens (tertiary/aromatic N) is 2. The van der Waals surface area contributed by atoms with Crippen LogP contribution in [-0.2, 0) is 13.0 Å². The van der Waals surface area contributed by atoms with Crippen molar-refractivity contribution in [3.63, 3.8) is 0 Å². The molecule has 0 saturated carbocycles. The number of imidazole rings is 1. The van der Waals surface area contributed by atoms with Crippen LogP contribution >= 0.6 is 0 Å². The third-order valence-electron chi connectivity index (χ3n) is 2.36. The highest BCUT2D eigenvalue weighted by Crippen LogP contribution is 2.11. The normalized spacial score (nSPS) is 15.2. The molecule has 0 amide bonds. The number of likely N-dealkylation sites (N-methyl/N-ethyl adjacent to an activating group) is 1. The third-order valence-corrected chi connectivity index (χ3v) is 2.36. The summed E-state index contributed by atoms with van der Waals surface area (Å²) in [5.74, 6) is 0.956. The fourth-order valence-corrected chi connectivity index (χ4v) is 1.74. The standard InChI is InChI=1S/C11H21N3O/c1-4-6-14-7-5-13-10(14)8-11(2,15)9-12-3/h5,7,12,15H,4,6,8-9H2,1-3H3. The van der Waals surface area contributed by atoms with Crippen LogP contribution in [0.3, 0.4) is 0 Å². The summed E-state index contributed by atoms with van der Waals surface area (Å²) in [6, 6.07) is 0. The average Bonchev–Trinajstić information content (AvgIpc) is 2.52. The number of hydrogen-bond donors (Lipinski definition) is 2. The van der Waals surface area contributed by atoms with Gasteiger partial charge in [0.15, 0.2) is 0 Å². The average molecular weight is 211 g/mol. The lowest BCUT2D eigenvalue weighted by Crippen LogP contribution is -2.39. The summed E-state index contributed by atoms with van der Waals surface area (Å²) in [5.41, 5.74) is -0.731. The first kappa shape index (κ1) is 12.2. The highest BCUT2D eigenvalue weighted by Gasteiger charge is 2.22. The van der Waals surface area contributed by atoms with Gasteiger partial charge in [-0.3, -0.25) is 0 Å². The Kier molecular flexibility index (Phi) is 4.29. The molecule has 4 heteroatoms. The SMILES string of the molecule is CCCn1ccnc1CC(C)(O)CNC. The van der Waals surface area contributed by atoms with E-state index in [0.29, 0.717) is 13.0 Å². The number of aryl methyl sites for hydroxylation is 1. The molecule has 15 heavy (non-hydrogen) atoms. The molecule has 0 aliphatic heterocycles. The van der Waals surface area contributed by atoms with Crippen molar-refractivity contribution in [1.29, 1.82) is 0 Å². The molecule has 1 unspecified atom stereocenters. The molecule has 4 nitrogen and oxygen atoms in total. The molecule has 0 aliphatic carbocycles. The number of aromatic nitrogens is 2. The van der Waals surface area contributed by atoms with E-state index in [1.807, 2.05) is 20.2 Å². The second kappa shape index (κ2) is 5.28. The zero-order valence-electron chi connectivity index (χ0n) is 9.82.